The molecule has 23 heavy (non-hydrogen) atoms. The molecule has 3 fully saturated rings. The van der Waals surface area contributed by atoms with Gasteiger partial charge in [-0.1, -0.05) is 6.92 Å². The van der Waals surface area contributed by atoms with Crippen LogP contribution in [0, 0.1) is 0 Å². The van der Waals surface area contributed by atoms with E-state index in [-0.39, 0.29) is 0 Å². The quantitative estimate of drug-likeness (QED) is 0.758. The van der Waals surface area contributed by atoms with E-state index in [4.69, 9.17) is 0 Å². The highest BCUT2D eigenvalue weighted by Crippen LogP contribution is 2.18. The maximum absolute atomic E-state index is 12.3. The number of nitrogens with zero attached hydrogens (tertiary/aromatic N) is 4. The molecule has 0 bridgehead atoms. The van der Waals surface area contributed by atoms with Crippen molar-refractivity contribution in [3.8, 4) is 0 Å². The number of carbonyl (C=O) groups is 1. The number of hydrogen-bond acceptors (Lipinski definition) is 4. The maximum Gasteiger partial charge on any atom is 0.223 e. The van der Waals surface area contributed by atoms with Gasteiger partial charge in [-0.05, 0) is 38.8 Å². The lowest BCUT2D eigenvalue weighted by atomic mass is 10.1. The summed E-state index contributed by atoms with van der Waals surface area (Å²) in [5, 5.41) is 0. The van der Waals surface area contributed by atoms with Gasteiger partial charge in [-0.25, -0.2) is 0 Å². The van der Waals surface area contributed by atoms with Crippen molar-refractivity contribution in [2.75, 3.05) is 65.4 Å². The summed E-state index contributed by atoms with van der Waals surface area (Å²) in [7, 11) is 0. The molecule has 3 aliphatic heterocycles. The van der Waals surface area contributed by atoms with E-state index in [0.717, 1.165) is 32.1 Å². The van der Waals surface area contributed by atoms with E-state index >= 15 is 0 Å². The lowest BCUT2D eigenvalue weighted by Crippen LogP contribution is -2.50. The van der Waals surface area contributed by atoms with Crippen LogP contribution in [0.5, 0.6) is 0 Å². The van der Waals surface area contributed by atoms with Crippen LogP contribution in [-0.2, 0) is 4.79 Å². The lowest BCUT2D eigenvalue weighted by molar-refractivity contribution is -0.132. The second kappa shape index (κ2) is 8.45. The largest absolute Gasteiger partial charge is 0.343 e. The molecule has 0 radical (unpaired) electrons. The van der Waals surface area contributed by atoms with E-state index in [1.165, 1.54) is 71.5 Å². The summed E-state index contributed by atoms with van der Waals surface area (Å²) in [4.78, 5) is 22.1. The summed E-state index contributed by atoms with van der Waals surface area (Å²) in [5.74, 6) is 0.379. The fourth-order valence-electron chi connectivity index (χ4n) is 4.31. The van der Waals surface area contributed by atoms with Crippen molar-refractivity contribution < 1.29 is 4.79 Å². The van der Waals surface area contributed by atoms with E-state index in [0.29, 0.717) is 5.91 Å². The number of carbonyl (C=O) groups excluding carboxylic acids is 1. The Morgan fingerprint density at radius 3 is 2.35 bits per heavy atom. The van der Waals surface area contributed by atoms with E-state index in [2.05, 4.69) is 26.5 Å². The van der Waals surface area contributed by atoms with Gasteiger partial charge in [0.05, 0.1) is 0 Å². The van der Waals surface area contributed by atoms with E-state index in [1.807, 2.05) is 0 Å². The number of piperidine rings is 1. The van der Waals surface area contributed by atoms with Crippen molar-refractivity contribution in [3.63, 3.8) is 0 Å². The van der Waals surface area contributed by atoms with Crippen LogP contribution in [0.3, 0.4) is 0 Å². The van der Waals surface area contributed by atoms with E-state index in [9.17, 15) is 4.79 Å². The number of piperazine rings is 1. The third-order valence-electron chi connectivity index (χ3n) is 5.97. The summed E-state index contributed by atoms with van der Waals surface area (Å²) in [6.07, 6.45) is 5.69. The molecule has 3 heterocycles. The normalized spacial score (nSPS) is 28.4. The molecule has 0 aromatic carbocycles. The van der Waals surface area contributed by atoms with Gasteiger partial charge in [0.1, 0.15) is 0 Å². The minimum atomic E-state index is 0.379. The fraction of sp³-hybridized carbons (Fsp3) is 0.944. The number of amides is 1. The van der Waals surface area contributed by atoms with Gasteiger partial charge in [0, 0.05) is 64.8 Å². The minimum Gasteiger partial charge on any atom is -0.343 e. The Labute approximate surface area is 141 Å². The van der Waals surface area contributed by atoms with Crippen molar-refractivity contribution >= 4 is 5.91 Å². The van der Waals surface area contributed by atoms with Gasteiger partial charge >= 0.3 is 0 Å². The molecule has 3 aliphatic rings. The standard InChI is InChI=1S/C18H34N4O/c1-2-19-12-14-21(15-13-19)17-6-10-20(16-17)11-7-18(23)22-8-4-3-5-9-22/h17H,2-16H2,1H3/t17-/m1/s1. The van der Waals surface area contributed by atoms with Crippen molar-refractivity contribution in [2.45, 2.75) is 45.1 Å². The van der Waals surface area contributed by atoms with Gasteiger partial charge in [0.2, 0.25) is 5.91 Å². The summed E-state index contributed by atoms with van der Waals surface area (Å²) in [5.41, 5.74) is 0. The molecule has 5 nitrogen and oxygen atoms in total. The third-order valence-corrected chi connectivity index (χ3v) is 5.97. The number of likely N-dealkylation sites (tertiary alicyclic amines) is 2. The smallest absolute Gasteiger partial charge is 0.223 e. The van der Waals surface area contributed by atoms with Gasteiger partial charge < -0.3 is 14.7 Å². The van der Waals surface area contributed by atoms with Crippen molar-refractivity contribution in [3.05, 3.63) is 0 Å². The highest BCUT2D eigenvalue weighted by atomic mass is 16.2. The third kappa shape index (κ3) is 4.68. The second-order valence-electron chi connectivity index (χ2n) is 7.40. The topological polar surface area (TPSA) is 30.0 Å². The number of hydrogen-bond donors (Lipinski definition) is 0. The molecular weight excluding hydrogens is 288 g/mol. The first-order valence-corrected chi connectivity index (χ1v) is 9.73. The molecule has 3 saturated heterocycles. The zero-order valence-electron chi connectivity index (χ0n) is 14.9. The molecule has 0 unspecified atom stereocenters. The molecule has 132 valence electrons. The zero-order valence-corrected chi connectivity index (χ0v) is 14.9. The Morgan fingerprint density at radius 1 is 0.913 bits per heavy atom. The van der Waals surface area contributed by atoms with Crippen LogP contribution in [0.2, 0.25) is 0 Å². The lowest BCUT2D eigenvalue weighted by Gasteiger charge is -2.37. The Balaban J connectivity index is 1.36. The van der Waals surface area contributed by atoms with Crippen LogP contribution in [-0.4, -0.2) is 97.0 Å². The Hall–Kier alpha value is -0.650. The Morgan fingerprint density at radius 2 is 1.65 bits per heavy atom. The fourth-order valence-corrected chi connectivity index (χ4v) is 4.31. The average molecular weight is 322 g/mol. The van der Waals surface area contributed by atoms with Crippen molar-refractivity contribution in [1.29, 1.82) is 0 Å². The van der Waals surface area contributed by atoms with Crippen LogP contribution < -0.4 is 0 Å². The van der Waals surface area contributed by atoms with Crippen LogP contribution >= 0.6 is 0 Å². The van der Waals surface area contributed by atoms with Gasteiger partial charge in [0.25, 0.3) is 0 Å². The first-order chi connectivity index (χ1) is 11.3. The van der Waals surface area contributed by atoms with Crippen molar-refractivity contribution in [2.24, 2.45) is 0 Å². The van der Waals surface area contributed by atoms with Gasteiger partial charge in [-0.3, -0.25) is 9.69 Å². The first-order valence-electron chi connectivity index (χ1n) is 9.73. The molecule has 1 amide bonds. The summed E-state index contributed by atoms with van der Waals surface area (Å²) in [6.45, 7) is 13.6. The molecule has 0 spiro atoms. The van der Waals surface area contributed by atoms with Crippen molar-refractivity contribution in [1.82, 2.24) is 19.6 Å². The Bertz CT molecular complexity index is 375. The molecular formula is C18H34N4O. The van der Waals surface area contributed by atoms with Crippen LogP contribution in [0.4, 0.5) is 0 Å². The SMILES string of the molecule is CCN1CCN([C@@H]2CCN(CCC(=O)N3CCCCC3)C2)CC1. The molecule has 0 aromatic heterocycles. The van der Waals surface area contributed by atoms with Crippen LogP contribution in [0.1, 0.15) is 39.0 Å². The van der Waals surface area contributed by atoms with Gasteiger partial charge in [-0.2, -0.15) is 0 Å². The average Bonchev–Trinajstić information content (AvgIpc) is 3.09. The summed E-state index contributed by atoms with van der Waals surface area (Å²) >= 11 is 0. The first kappa shape index (κ1) is 17.2. The van der Waals surface area contributed by atoms with Crippen LogP contribution in [0.15, 0.2) is 0 Å². The second-order valence-corrected chi connectivity index (χ2v) is 7.40. The number of rotatable bonds is 5. The number of likely N-dealkylation sites (N-methyl/N-ethyl adjacent to an activating group) is 1. The Kier molecular flexibility index (Phi) is 6.31. The minimum absolute atomic E-state index is 0.379. The van der Waals surface area contributed by atoms with Gasteiger partial charge in [0.15, 0.2) is 0 Å². The maximum atomic E-state index is 12.3. The van der Waals surface area contributed by atoms with E-state index < -0.39 is 0 Å². The summed E-state index contributed by atoms with van der Waals surface area (Å²) in [6, 6.07) is 0.721. The zero-order chi connectivity index (χ0) is 16.1. The van der Waals surface area contributed by atoms with E-state index in [1.54, 1.807) is 0 Å². The molecule has 1 atom stereocenters. The molecule has 5 heteroatoms. The molecule has 0 saturated carbocycles. The molecule has 3 rings (SSSR count). The highest BCUT2D eigenvalue weighted by molar-refractivity contribution is 5.76. The predicted octanol–water partition coefficient (Wildman–Crippen LogP) is 1.10. The van der Waals surface area contributed by atoms with Gasteiger partial charge in [-0.15, -0.1) is 0 Å². The van der Waals surface area contributed by atoms with Crippen LogP contribution in [0.25, 0.3) is 0 Å². The highest BCUT2D eigenvalue weighted by Gasteiger charge is 2.30. The molecule has 0 aliphatic carbocycles. The molecule has 0 N–H and O–H groups in total. The predicted molar refractivity (Wildman–Crippen MR) is 93.6 cm³/mol. The monoisotopic (exact) mass is 322 g/mol. The summed E-state index contributed by atoms with van der Waals surface area (Å²) < 4.78 is 0. The molecule has 0 aromatic rings.